The van der Waals surface area contributed by atoms with E-state index in [4.69, 9.17) is 22.7 Å². The van der Waals surface area contributed by atoms with Crippen LogP contribution in [0.4, 0.5) is 4.39 Å². The van der Waals surface area contributed by atoms with Crippen LogP contribution in [0.1, 0.15) is 62.5 Å². The lowest BCUT2D eigenvalue weighted by Crippen LogP contribution is -2.28. The van der Waals surface area contributed by atoms with Crippen LogP contribution in [0.3, 0.4) is 0 Å². The third-order valence-electron chi connectivity index (χ3n) is 6.22. The van der Waals surface area contributed by atoms with Crippen LogP contribution in [0.2, 0.25) is 16.6 Å². The zero-order valence-corrected chi connectivity index (χ0v) is 17.1. The van der Waals surface area contributed by atoms with Crippen LogP contribution in [-0.2, 0) is 6.42 Å². The van der Waals surface area contributed by atoms with E-state index in [0.717, 1.165) is 35.8 Å². The third kappa shape index (κ3) is 4.37. The fourth-order valence-corrected chi connectivity index (χ4v) is 8.50. The first kappa shape index (κ1) is 18.7. The van der Waals surface area contributed by atoms with E-state index in [2.05, 4.69) is 0 Å². The number of aryl methyl sites for hydroxylation is 2. The Kier molecular flexibility index (Phi) is 6.68. The highest BCUT2D eigenvalue weighted by Crippen LogP contribution is 2.45. The van der Waals surface area contributed by atoms with Crippen molar-refractivity contribution in [1.82, 2.24) is 0 Å². The lowest BCUT2D eigenvalue weighted by molar-refractivity contribution is 0.245. The summed E-state index contributed by atoms with van der Waals surface area (Å²) in [5, 5.41) is 0.334. The zero-order valence-electron chi connectivity index (χ0n) is 14.6. The second kappa shape index (κ2) is 8.55. The summed E-state index contributed by atoms with van der Waals surface area (Å²) in [6.07, 6.45) is 11.5. The van der Waals surface area contributed by atoms with Gasteiger partial charge in [-0.05, 0) is 54.3 Å². The summed E-state index contributed by atoms with van der Waals surface area (Å²) in [5.74, 6) is 1.41. The second-order valence-corrected chi connectivity index (χ2v) is 11.8. The molecule has 1 aliphatic heterocycles. The van der Waals surface area contributed by atoms with Gasteiger partial charge in [-0.3, -0.25) is 0 Å². The van der Waals surface area contributed by atoms with Crippen molar-refractivity contribution >= 4 is 30.8 Å². The molecule has 0 aromatic heterocycles. The van der Waals surface area contributed by atoms with Gasteiger partial charge in [0.1, 0.15) is 5.82 Å². The van der Waals surface area contributed by atoms with Crippen LogP contribution in [0.5, 0.6) is 0 Å². The Bertz CT molecular complexity index is 555. The van der Waals surface area contributed by atoms with Gasteiger partial charge in [0.15, 0.2) is 8.11 Å². The first-order valence-corrected chi connectivity index (χ1v) is 12.7. The van der Waals surface area contributed by atoms with E-state index in [1.54, 1.807) is 6.92 Å². The molecule has 0 N–H and O–H groups in total. The maximum Gasteiger partial charge on any atom is 0.168 e. The van der Waals surface area contributed by atoms with Crippen molar-refractivity contribution in [3.8, 4) is 0 Å². The molecular formula is C20H28Cl2FSi. The number of halogens is 3. The van der Waals surface area contributed by atoms with Gasteiger partial charge in [-0.2, -0.15) is 11.1 Å². The van der Waals surface area contributed by atoms with Gasteiger partial charge in [-0.1, -0.05) is 68.7 Å². The quantitative estimate of drug-likeness (QED) is 0.376. The molecular weight excluding hydrogens is 358 g/mol. The molecule has 1 saturated heterocycles. The van der Waals surface area contributed by atoms with Crippen molar-refractivity contribution in [3.05, 3.63) is 34.1 Å². The summed E-state index contributed by atoms with van der Waals surface area (Å²) in [7, 11) is -0.603. The fourth-order valence-electron chi connectivity index (χ4n) is 4.61. The minimum absolute atomic E-state index is 0.244. The molecule has 1 aliphatic carbocycles. The van der Waals surface area contributed by atoms with Crippen molar-refractivity contribution in [3.63, 3.8) is 0 Å². The van der Waals surface area contributed by atoms with Gasteiger partial charge in [-0.15, -0.1) is 0 Å². The summed E-state index contributed by atoms with van der Waals surface area (Å²) in [6.45, 7) is 1.77. The van der Waals surface area contributed by atoms with Crippen LogP contribution in [0, 0.1) is 24.6 Å². The lowest BCUT2D eigenvalue weighted by atomic mass is 9.77. The normalized spacial score (nSPS) is 28.9. The molecule has 24 heavy (non-hydrogen) atoms. The van der Waals surface area contributed by atoms with Crippen LogP contribution >= 0.6 is 22.7 Å². The standard InChI is InChI=1S/C20H28Cl2FSi/c1-14-5-9-17(19(21)20(14)23)12-8-15-6-10-16(11-7-15)18-4-2-3-13-24(18)22/h5,9,15-16,18H,2-4,6-8,10-13H2,1H3. The maximum atomic E-state index is 13.9. The third-order valence-corrected chi connectivity index (χ3v) is 10.4. The van der Waals surface area contributed by atoms with Gasteiger partial charge in [0.25, 0.3) is 0 Å². The Morgan fingerprint density at radius 2 is 1.88 bits per heavy atom. The maximum absolute atomic E-state index is 13.9. The molecule has 0 bridgehead atoms. The van der Waals surface area contributed by atoms with Crippen molar-refractivity contribution in [2.24, 2.45) is 11.8 Å². The summed E-state index contributed by atoms with van der Waals surface area (Å²) in [4.78, 5) is 0. The average molecular weight is 386 g/mol. The fraction of sp³-hybridized carbons (Fsp3) is 0.700. The van der Waals surface area contributed by atoms with Crippen LogP contribution < -0.4 is 0 Å². The molecule has 133 valence electrons. The van der Waals surface area contributed by atoms with Crippen molar-refractivity contribution in [2.75, 3.05) is 0 Å². The molecule has 4 heteroatoms. The van der Waals surface area contributed by atoms with E-state index < -0.39 is 8.11 Å². The van der Waals surface area contributed by atoms with E-state index in [1.165, 1.54) is 51.0 Å². The SMILES string of the molecule is Cc1ccc(CCC2CCC(C3CCCC[Si]3Cl)CC2)c(Cl)c1F. The smallest absolute Gasteiger partial charge is 0.168 e. The number of hydrogen-bond donors (Lipinski definition) is 0. The molecule has 0 nitrogen and oxygen atoms in total. The molecule has 1 saturated carbocycles. The first-order valence-electron chi connectivity index (χ1n) is 9.51. The van der Waals surface area contributed by atoms with Crippen LogP contribution in [-0.4, -0.2) is 8.11 Å². The monoisotopic (exact) mass is 385 g/mol. The Balaban J connectivity index is 1.48. The van der Waals surface area contributed by atoms with E-state index in [0.29, 0.717) is 10.6 Å². The molecule has 1 atom stereocenters. The topological polar surface area (TPSA) is 0 Å². The molecule has 1 aromatic rings. The predicted octanol–water partition coefficient (Wildman–Crippen LogP) is 7.31. The molecule has 1 radical (unpaired) electrons. The van der Waals surface area contributed by atoms with Gasteiger partial charge in [-0.25, -0.2) is 4.39 Å². The highest BCUT2D eigenvalue weighted by Gasteiger charge is 2.34. The van der Waals surface area contributed by atoms with Gasteiger partial charge >= 0.3 is 0 Å². The Morgan fingerprint density at radius 3 is 2.58 bits per heavy atom. The molecule has 2 aliphatic rings. The second-order valence-electron chi connectivity index (χ2n) is 7.79. The van der Waals surface area contributed by atoms with Gasteiger partial charge in [0.2, 0.25) is 0 Å². The van der Waals surface area contributed by atoms with E-state index in [9.17, 15) is 4.39 Å². The van der Waals surface area contributed by atoms with Gasteiger partial charge in [0.05, 0.1) is 5.02 Å². The van der Waals surface area contributed by atoms with Crippen molar-refractivity contribution in [2.45, 2.75) is 76.3 Å². The Labute approximate surface area is 157 Å². The Hall–Kier alpha value is -0.0531. The minimum Gasteiger partial charge on any atom is -0.205 e. The summed E-state index contributed by atoms with van der Waals surface area (Å²) in [5.41, 5.74) is 2.46. The average Bonchev–Trinajstić information content (AvgIpc) is 2.60. The molecule has 2 fully saturated rings. The lowest BCUT2D eigenvalue weighted by Gasteiger charge is -2.37. The first-order chi connectivity index (χ1) is 11.6. The van der Waals surface area contributed by atoms with E-state index in [-0.39, 0.29) is 5.82 Å². The van der Waals surface area contributed by atoms with Crippen molar-refractivity contribution in [1.29, 1.82) is 0 Å². The van der Waals surface area contributed by atoms with Crippen molar-refractivity contribution < 1.29 is 4.39 Å². The largest absolute Gasteiger partial charge is 0.205 e. The predicted molar refractivity (Wildman–Crippen MR) is 104 cm³/mol. The molecule has 0 amide bonds. The van der Waals surface area contributed by atoms with E-state index in [1.807, 2.05) is 12.1 Å². The molecule has 0 spiro atoms. The highest BCUT2D eigenvalue weighted by molar-refractivity contribution is 7.07. The van der Waals surface area contributed by atoms with Crippen LogP contribution in [0.15, 0.2) is 12.1 Å². The summed E-state index contributed by atoms with van der Waals surface area (Å²) < 4.78 is 13.9. The molecule has 1 unspecified atom stereocenters. The van der Waals surface area contributed by atoms with E-state index >= 15 is 0 Å². The van der Waals surface area contributed by atoms with Gasteiger partial charge in [0, 0.05) is 0 Å². The molecule has 1 heterocycles. The van der Waals surface area contributed by atoms with Crippen LogP contribution in [0.25, 0.3) is 0 Å². The zero-order chi connectivity index (χ0) is 17.1. The highest BCUT2D eigenvalue weighted by atomic mass is 35.6. The number of benzene rings is 1. The summed E-state index contributed by atoms with van der Waals surface area (Å²) >= 11 is 12.9. The molecule has 1 aromatic carbocycles. The van der Waals surface area contributed by atoms with Gasteiger partial charge < -0.3 is 0 Å². The minimum atomic E-state index is -0.603. The molecule has 3 rings (SSSR count). The number of hydrogen-bond acceptors (Lipinski definition) is 0. The Morgan fingerprint density at radius 1 is 1.12 bits per heavy atom. The number of rotatable bonds is 4. The summed E-state index contributed by atoms with van der Waals surface area (Å²) in [6, 6.07) is 5.16.